The Kier molecular flexibility index (Phi) is 5.88. The number of phenolic OH excluding ortho intramolecular Hbond substituents is 1. The molecule has 0 bridgehead atoms. The number of halogens is 3. The Balaban J connectivity index is 2.42. The summed E-state index contributed by atoms with van der Waals surface area (Å²) in [5, 5.41) is 10.2. The third-order valence-electron chi connectivity index (χ3n) is 2.89. The SMILES string of the molecule is COc1ccc(N=Cc2c(O)c(OC)cc(Br)c2Br)cc1Br. The zero-order chi connectivity index (χ0) is 16.3. The maximum atomic E-state index is 10.2. The maximum Gasteiger partial charge on any atom is 0.167 e. The third-order valence-corrected chi connectivity index (χ3v) is 5.52. The molecule has 0 unspecified atom stereocenters. The molecule has 116 valence electrons. The fourth-order valence-electron chi connectivity index (χ4n) is 1.76. The Hall–Kier alpha value is -1.05. The van der Waals surface area contributed by atoms with Crippen LogP contribution < -0.4 is 9.47 Å². The summed E-state index contributed by atoms with van der Waals surface area (Å²) in [4.78, 5) is 4.37. The summed E-state index contributed by atoms with van der Waals surface area (Å²) >= 11 is 10.2. The van der Waals surface area contributed by atoms with Gasteiger partial charge < -0.3 is 14.6 Å². The fraction of sp³-hybridized carbons (Fsp3) is 0.133. The molecule has 7 heteroatoms. The van der Waals surface area contributed by atoms with Crippen LogP contribution >= 0.6 is 47.8 Å². The van der Waals surface area contributed by atoms with Gasteiger partial charge in [-0.15, -0.1) is 0 Å². The van der Waals surface area contributed by atoms with Crippen LogP contribution in [-0.2, 0) is 0 Å². The van der Waals surface area contributed by atoms with Gasteiger partial charge in [-0.25, -0.2) is 0 Å². The molecule has 0 spiro atoms. The van der Waals surface area contributed by atoms with Crippen molar-refractivity contribution in [3.63, 3.8) is 0 Å². The predicted molar refractivity (Wildman–Crippen MR) is 98.0 cm³/mol. The summed E-state index contributed by atoms with van der Waals surface area (Å²) in [5.74, 6) is 1.12. The Bertz CT molecular complexity index is 732. The molecule has 0 atom stereocenters. The smallest absolute Gasteiger partial charge is 0.167 e. The van der Waals surface area contributed by atoms with Crippen molar-refractivity contribution in [3.05, 3.63) is 43.2 Å². The van der Waals surface area contributed by atoms with Gasteiger partial charge in [-0.3, -0.25) is 4.99 Å². The van der Waals surface area contributed by atoms with Crippen LogP contribution in [0.25, 0.3) is 0 Å². The van der Waals surface area contributed by atoms with Gasteiger partial charge in [0.15, 0.2) is 11.5 Å². The zero-order valence-electron chi connectivity index (χ0n) is 11.7. The Morgan fingerprint density at radius 2 is 1.68 bits per heavy atom. The van der Waals surface area contributed by atoms with E-state index in [1.807, 2.05) is 18.2 Å². The highest BCUT2D eigenvalue weighted by Crippen LogP contribution is 2.39. The predicted octanol–water partition coefficient (Wildman–Crippen LogP) is 5.45. The Morgan fingerprint density at radius 1 is 1.00 bits per heavy atom. The molecule has 0 saturated carbocycles. The number of methoxy groups -OCH3 is 2. The molecule has 22 heavy (non-hydrogen) atoms. The van der Waals surface area contributed by atoms with Gasteiger partial charge in [0, 0.05) is 15.2 Å². The Morgan fingerprint density at radius 3 is 2.27 bits per heavy atom. The molecule has 0 fully saturated rings. The van der Waals surface area contributed by atoms with Crippen molar-refractivity contribution in [1.82, 2.24) is 0 Å². The first kappa shape index (κ1) is 17.3. The van der Waals surface area contributed by atoms with Gasteiger partial charge in [0.05, 0.1) is 29.9 Å². The molecule has 1 N–H and O–H groups in total. The second kappa shape index (κ2) is 7.48. The molecule has 2 aromatic carbocycles. The molecule has 0 aliphatic heterocycles. The molecular weight excluding hydrogens is 482 g/mol. The highest BCUT2D eigenvalue weighted by atomic mass is 79.9. The van der Waals surface area contributed by atoms with E-state index in [4.69, 9.17) is 9.47 Å². The number of nitrogens with zero attached hydrogens (tertiary/aromatic N) is 1. The molecule has 0 aliphatic carbocycles. The van der Waals surface area contributed by atoms with Crippen LogP contribution in [0.5, 0.6) is 17.2 Å². The molecule has 2 rings (SSSR count). The number of benzene rings is 2. The van der Waals surface area contributed by atoms with Gasteiger partial charge in [0.25, 0.3) is 0 Å². The number of rotatable bonds is 4. The summed E-state index contributed by atoms with van der Waals surface area (Å²) in [6.07, 6.45) is 1.57. The van der Waals surface area contributed by atoms with Crippen molar-refractivity contribution in [1.29, 1.82) is 0 Å². The van der Waals surface area contributed by atoms with Gasteiger partial charge >= 0.3 is 0 Å². The molecule has 0 aromatic heterocycles. The van der Waals surface area contributed by atoms with E-state index >= 15 is 0 Å². The molecular formula is C15H12Br3NO3. The zero-order valence-corrected chi connectivity index (χ0v) is 16.5. The van der Waals surface area contributed by atoms with E-state index in [2.05, 4.69) is 52.8 Å². The van der Waals surface area contributed by atoms with Crippen LogP contribution in [-0.4, -0.2) is 25.5 Å². The van der Waals surface area contributed by atoms with Crippen LogP contribution in [0.1, 0.15) is 5.56 Å². The van der Waals surface area contributed by atoms with E-state index in [0.29, 0.717) is 15.8 Å². The average molecular weight is 494 g/mol. The van der Waals surface area contributed by atoms with Crippen molar-refractivity contribution in [2.24, 2.45) is 4.99 Å². The van der Waals surface area contributed by atoms with Crippen LogP contribution in [0.4, 0.5) is 5.69 Å². The normalized spacial score (nSPS) is 11.0. The van der Waals surface area contributed by atoms with E-state index in [9.17, 15) is 5.11 Å². The highest BCUT2D eigenvalue weighted by Gasteiger charge is 2.14. The van der Waals surface area contributed by atoms with Crippen molar-refractivity contribution in [3.8, 4) is 17.2 Å². The monoisotopic (exact) mass is 491 g/mol. The quantitative estimate of drug-likeness (QED) is 0.576. The number of hydrogen-bond acceptors (Lipinski definition) is 4. The first-order valence-corrected chi connectivity index (χ1v) is 8.48. The minimum absolute atomic E-state index is 0.0221. The van der Waals surface area contributed by atoms with Gasteiger partial charge in [0.2, 0.25) is 0 Å². The molecule has 2 aromatic rings. The molecule has 0 radical (unpaired) electrons. The van der Waals surface area contributed by atoms with Crippen molar-refractivity contribution < 1.29 is 14.6 Å². The van der Waals surface area contributed by atoms with Crippen molar-refractivity contribution in [2.45, 2.75) is 0 Å². The minimum atomic E-state index is 0.0221. The topological polar surface area (TPSA) is 51.0 Å². The van der Waals surface area contributed by atoms with Crippen LogP contribution in [0, 0.1) is 0 Å². The van der Waals surface area contributed by atoms with Crippen molar-refractivity contribution in [2.75, 3.05) is 14.2 Å². The lowest BCUT2D eigenvalue weighted by molar-refractivity contribution is 0.372. The highest BCUT2D eigenvalue weighted by molar-refractivity contribution is 9.13. The summed E-state index contributed by atoms with van der Waals surface area (Å²) in [5.41, 5.74) is 1.25. The number of aliphatic imine (C=N–C) groups is 1. The van der Waals surface area contributed by atoms with Gasteiger partial charge in [-0.2, -0.15) is 0 Å². The fourth-order valence-corrected chi connectivity index (χ4v) is 3.11. The molecule has 0 saturated heterocycles. The van der Waals surface area contributed by atoms with E-state index < -0.39 is 0 Å². The first-order valence-electron chi connectivity index (χ1n) is 6.10. The second-order valence-corrected chi connectivity index (χ2v) is 6.72. The Labute approximate surface area is 153 Å². The summed E-state index contributed by atoms with van der Waals surface area (Å²) in [7, 11) is 3.10. The average Bonchev–Trinajstić information content (AvgIpc) is 2.51. The van der Waals surface area contributed by atoms with Crippen LogP contribution in [0.2, 0.25) is 0 Å². The summed E-state index contributed by atoms with van der Waals surface area (Å²) in [6.45, 7) is 0. The van der Waals surface area contributed by atoms with E-state index in [0.717, 1.165) is 20.4 Å². The maximum absolute atomic E-state index is 10.2. The van der Waals surface area contributed by atoms with E-state index in [-0.39, 0.29) is 5.75 Å². The first-order chi connectivity index (χ1) is 10.5. The number of hydrogen-bond donors (Lipinski definition) is 1. The van der Waals surface area contributed by atoms with Crippen LogP contribution in [0.15, 0.2) is 42.7 Å². The lowest BCUT2D eigenvalue weighted by Crippen LogP contribution is -1.92. The summed E-state index contributed by atoms with van der Waals surface area (Å²) in [6, 6.07) is 7.14. The molecule has 4 nitrogen and oxygen atoms in total. The lowest BCUT2D eigenvalue weighted by Gasteiger charge is -2.10. The number of ether oxygens (including phenoxy) is 2. The standard InChI is InChI=1S/C15H12Br3NO3/c1-21-12-4-3-8(5-10(12)16)19-7-9-14(18)11(17)6-13(22-2)15(9)20/h3-7,20H,1-2H3. The minimum Gasteiger partial charge on any atom is -0.504 e. The van der Waals surface area contributed by atoms with Gasteiger partial charge in [0.1, 0.15) is 5.75 Å². The van der Waals surface area contributed by atoms with Crippen molar-refractivity contribution >= 4 is 59.7 Å². The number of aromatic hydroxyl groups is 1. The molecule has 0 amide bonds. The van der Waals surface area contributed by atoms with Crippen LogP contribution in [0.3, 0.4) is 0 Å². The van der Waals surface area contributed by atoms with E-state index in [1.165, 1.54) is 7.11 Å². The van der Waals surface area contributed by atoms with E-state index in [1.54, 1.807) is 19.4 Å². The summed E-state index contributed by atoms with van der Waals surface area (Å²) < 4.78 is 12.6. The lowest BCUT2D eigenvalue weighted by atomic mass is 10.2. The number of phenols is 1. The third kappa shape index (κ3) is 3.64. The molecule has 0 heterocycles. The largest absolute Gasteiger partial charge is 0.504 e. The van der Waals surface area contributed by atoms with Gasteiger partial charge in [-0.05, 0) is 72.1 Å². The second-order valence-electron chi connectivity index (χ2n) is 4.21. The molecule has 0 aliphatic rings. The van der Waals surface area contributed by atoms with Gasteiger partial charge in [-0.1, -0.05) is 0 Å².